The van der Waals surface area contributed by atoms with E-state index in [1.807, 2.05) is 0 Å². The molecule has 0 bridgehead atoms. The highest BCUT2D eigenvalue weighted by molar-refractivity contribution is 9.10. The third kappa shape index (κ3) is 4.45. The van der Waals surface area contributed by atoms with Crippen LogP contribution in [0.2, 0.25) is 0 Å². The van der Waals surface area contributed by atoms with E-state index in [9.17, 15) is 22.8 Å². The number of carbonyl (C=O) groups is 1. The number of aliphatic carboxylic acids is 1. The predicted octanol–water partition coefficient (Wildman–Crippen LogP) is 5.09. The summed E-state index contributed by atoms with van der Waals surface area (Å²) in [6.07, 6.45) is -4.91. The van der Waals surface area contributed by atoms with Gasteiger partial charge in [0.2, 0.25) is 0 Å². The summed E-state index contributed by atoms with van der Waals surface area (Å²) in [4.78, 5) is 23.1. The summed E-state index contributed by atoms with van der Waals surface area (Å²) in [6, 6.07) is 7.94. The molecule has 1 aromatic heterocycles. The van der Waals surface area contributed by atoms with E-state index in [1.54, 1.807) is 19.1 Å². The van der Waals surface area contributed by atoms with Gasteiger partial charge in [-0.05, 0) is 58.2 Å². The van der Waals surface area contributed by atoms with E-state index in [2.05, 4.69) is 15.9 Å². The Labute approximate surface area is 170 Å². The molecule has 3 rings (SSSR count). The maximum Gasteiger partial charge on any atom is 0.416 e. The molecular formula is C20H14BrF3O5. The van der Waals surface area contributed by atoms with E-state index in [4.69, 9.17) is 14.3 Å². The van der Waals surface area contributed by atoms with Gasteiger partial charge in [0.1, 0.15) is 16.8 Å². The Morgan fingerprint density at radius 3 is 2.62 bits per heavy atom. The lowest BCUT2D eigenvalue weighted by molar-refractivity contribution is -0.138. The van der Waals surface area contributed by atoms with Gasteiger partial charge in [0, 0.05) is 5.39 Å². The van der Waals surface area contributed by atoms with Crippen LogP contribution in [0, 0.1) is 6.92 Å². The van der Waals surface area contributed by atoms with Crippen molar-refractivity contribution in [2.75, 3.05) is 0 Å². The van der Waals surface area contributed by atoms with Crippen molar-refractivity contribution in [3.05, 3.63) is 73.5 Å². The molecule has 9 heteroatoms. The molecule has 0 unspecified atom stereocenters. The molecule has 0 radical (unpaired) electrons. The molecule has 0 aliphatic heterocycles. The Hall–Kier alpha value is -2.81. The summed E-state index contributed by atoms with van der Waals surface area (Å²) in [7, 11) is 0. The highest BCUT2D eigenvalue weighted by Crippen LogP contribution is 2.35. The van der Waals surface area contributed by atoms with E-state index in [-0.39, 0.29) is 23.5 Å². The Kier molecular flexibility index (Phi) is 5.70. The average Bonchev–Trinajstić information content (AvgIpc) is 2.64. The summed E-state index contributed by atoms with van der Waals surface area (Å²) in [5.41, 5.74) is -0.528. The normalized spacial score (nSPS) is 11.6. The summed E-state index contributed by atoms with van der Waals surface area (Å²) >= 11 is 3.29. The van der Waals surface area contributed by atoms with Gasteiger partial charge >= 0.3 is 17.8 Å². The minimum absolute atomic E-state index is 0.0505. The van der Waals surface area contributed by atoms with Crippen molar-refractivity contribution < 1.29 is 32.2 Å². The van der Waals surface area contributed by atoms with Crippen molar-refractivity contribution in [1.29, 1.82) is 0 Å². The molecule has 0 amide bonds. The fourth-order valence-corrected chi connectivity index (χ4v) is 3.41. The maximum atomic E-state index is 12.8. The largest absolute Gasteiger partial charge is 0.488 e. The van der Waals surface area contributed by atoms with Crippen LogP contribution in [0.3, 0.4) is 0 Å². The van der Waals surface area contributed by atoms with Crippen LogP contribution in [0.5, 0.6) is 5.75 Å². The molecule has 1 heterocycles. The van der Waals surface area contributed by atoms with E-state index < -0.39 is 29.8 Å². The lowest BCUT2D eigenvalue weighted by Crippen LogP contribution is -2.15. The van der Waals surface area contributed by atoms with Gasteiger partial charge in [-0.1, -0.05) is 12.1 Å². The van der Waals surface area contributed by atoms with Crippen molar-refractivity contribution in [1.82, 2.24) is 0 Å². The fraction of sp³-hybridized carbons (Fsp3) is 0.200. The van der Waals surface area contributed by atoms with Crippen LogP contribution in [0.15, 0.2) is 50.1 Å². The molecule has 29 heavy (non-hydrogen) atoms. The lowest BCUT2D eigenvalue weighted by atomic mass is 10.0. The van der Waals surface area contributed by atoms with E-state index >= 15 is 0 Å². The second-order valence-electron chi connectivity index (χ2n) is 6.30. The summed E-state index contributed by atoms with van der Waals surface area (Å²) in [5, 5.41) is 9.48. The fourth-order valence-electron chi connectivity index (χ4n) is 2.87. The van der Waals surface area contributed by atoms with Crippen molar-refractivity contribution in [2.24, 2.45) is 0 Å². The van der Waals surface area contributed by atoms with Crippen LogP contribution < -0.4 is 10.4 Å². The lowest BCUT2D eigenvalue weighted by Gasteiger charge is -2.13. The quantitative estimate of drug-likeness (QED) is 0.525. The minimum Gasteiger partial charge on any atom is -0.488 e. The summed E-state index contributed by atoms with van der Waals surface area (Å²) in [6.45, 7) is 1.49. The molecule has 5 nitrogen and oxygen atoms in total. The Bertz CT molecular complexity index is 1150. The first-order valence-corrected chi connectivity index (χ1v) is 9.12. The second-order valence-corrected chi connectivity index (χ2v) is 7.10. The number of hydrogen-bond acceptors (Lipinski definition) is 4. The van der Waals surface area contributed by atoms with Crippen molar-refractivity contribution in [3.63, 3.8) is 0 Å². The molecule has 0 aliphatic carbocycles. The van der Waals surface area contributed by atoms with Crippen LogP contribution >= 0.6 is 15.9 Å². The zero-order chi connectivity index (χ0) is 21.3. The Morgan fingerprint density at radius 1 is 1.24 bits per heavy atom. The predicted molar refractivity (Wildman–Crippen MR) is 102 cm³/mol. The van der Waals surface area contributed by atoms with Gasteiger partial charge in [0.15, 0.2) is 5.58 Å². The number of carboxylic acids is 1. The van der Waals surface area contributed by atoms with Crippen LogP contribution in [0.25, 0.3) is 11.0 Å². The molecule has 152 valence electrons. The Morgan fingerprint density at radius 2 is 1.97 bits per heavy atom. The van der Waals surface area contributed by atoms with Gasteiger partial charge < -0.3 is 14.3 Å². The highest BCUT2D eigenvalue weighted by atomic mass is 79.9. The van der Waals surface area contributed by atoms with E-state index in [0.29, 0.717) is 21.0 Å². The number of rotatable bonds is 5. The van der Waals surface area contributed by atoms with Gasteiger partial charge in [0.25, 0.3) is 0 Å². The molecule has 3 aromatic rings. The zero-order valence-electron chi connectivity index (χ0n) is 15.0. The molecule has 0 saturated carbocycles. The first kappa shape index (κ1) is 20.9. The van der Waals surface area contributed by atoms with E-state index in [1.165, 1.54) is 12.1 Å². The van der Waals surface area contributed by atoms with Crippen molar-refractivity contribution in [2.45, 2.75) is 26.1 Å². The number of alkyl halides is 3. The number of halogens is 4. The van der Waals surface area contributed by atoms with Crippen LogP contribution in [0.1, 0.15) is 22.3 Å². The monoisotopic (exact) mass is 470 g/mol. The van der Waals surface area contributed by atoms with Crippen LogP contribution in [-0.4, -0.2) is 11.1 Å². The number of hydrogen-bond donors (Lipinski definition) is 1. The van der Waals surface area contributed by atoms with Crippen LogP contribution in [-0.2, 0) is 24.0 Å². The van der Waals surface area contributed by atoms with Crippen molar-refractivity contribution >= 4 is 32.9 Å². The molecule has 0 spiro atoms. The minimum atomic E-state index is -4.45. The van der Waals surface area contributed by atoms with Gasteiger partial charge in [-0.15, -0.1) is 0 Å². The molecular weight excluding hydrogens is 457 g/mol. The summed E-state index contributed by atoms with van der Waals surface area (Å²) in [5.74, 6) is -0.886. The molecule has 2 aromatic carbocycles. The third-order valence-corrected chi connectivity index (χ3v) is 5.09. The van der Waals surface area contributed by atoms with Crippen LogP contribution in [0.4, 0.5) is 13.2 Å². The first-order valence-electron chi connectivity index (χ1n) is 8.33. The standard InChI is InChI=1S/C20H14BrF3O5/c1-10-13-5-6-15(17(21)18(13)29-19(27)14(10)8-16(25)26)28-9-11-3-2-4-12(7-11)20(22,23)24/h2-7H,8-9H2,1H3,(H,25,26). The number of aryl methyl sites for hydroxylation is 1. The molecule has 0 aliphatic rings. The van der Waals surface area contributed by atoms with Gasteiger partial charge in [-0.3, -0.25) is 4.79 Å². The maximum absolute atomic E-state index is 12.8. The number of fused-ring (bicyclic) bond motifs is 1. The second kappa shape index (κ2) is 7.90. The molecule has 0 atom stereocenters. The van der Waals surface area contributed by atoms with E-state index in [0.717, 1.165) is 12.1 Å². The van der Waals surface area contributed by atoms with Gasteiger partial charge in [-0.2, -0.15) is 13.2 Å². The topological polar surface area (TPSA) is 76.7 Å². The first-order chi connectivity index (χ1) is 13.6. The highest BCUT2D eigenvalue weighted by Gasteiger charge is 2.30. The molecule has 0 saturated heterocycles. The number of benzene rings is 2. The Balaban J connectivity index is 1.93. The number of carboxylic acid groups (broad SMARTS) is 1. The van der Waals surface area contributed by atoms with Crippen molar-refractivity contribution in [3.8, 4) is 5.75 Å². The SMILES string of the molecule is Cc1c(CC(=O)O)c(=O)oc2c(Br)c(OCc3cccc(C(F)(F)F)c3)ccc12. The third-order valence-electron chi connectivity index (χ3n) is 4.34. The average molecular weight is 471 g/mol. The molecule has 1 N–H and O–H groups in total. The smallest absolute Gasteiger partial charge is 0.416 e. The van der Waals surface area contributed by atoms with Gasteiger partial charge in [0.05, 0.1) is 17.5 Å². The summed E-state index contributed by atoms with van der Waals surface area (Å²) < 4.78 is 49.7. The van der Waals surface area contributed by atoms with Gasteiger partial charge in [-0.25, -0.2) is 4.79 Å². The number of ether oxygens (including phenoxy) is 1. The zero-order valence-corrected chi connectivity index (χ0v) is 16.6. The molecule has 0 fully saturated rings.